The fraction of sp³-hybridized carbons (Fsp3) is 0.304. The van der Waals surface area contributed by atoms with Crippen molar-refractivity contribution in [2.45, 2.75) is 86.5 Å². The summed E-state index contributed by atoms with van der Waals surface area (Å²) in [5.41, 5.74) is 10.2. The van der Waals surface area contributed by atoms with Crippen molar-refractivity contribution in [3.63, 3.8) is 0 Å². The van der Waals surface area contributed by atoms with Gasteiger partial charge in [0.15, 0.2) is 0 Å². The molecule has 1 unspecified atom stereocenters. The minimum atomic E-state index is 0. The first-order valence-electron chi connectivity index (χ1n) is 18.3. The van der Waals surface area contributed by atoms with Crippen LogP contribution in [0.25, 0.3) is 44.4 Å². The molecule has 3 aromatic heterocycles. The fourth-order valence-corrected chi connectivity index (χ4v) is 7.20. The van der Waals surface area contributed by atoms with Gasteiger partial charge in [0.05, 0.1) is 5.69 Å². The van der Waals surface area contributed by atoms with Gasteiger partial charge in [0, 0.05) is 34.5 Å². The molecule has 0 radical (unpaired) electrons. The third-order valence-electron chi connectivity index (χ3n) is 10.0. The average molecular weight is 868 g/mol. The summed E-state index contributed by atoms with van der Waals surface area (Å²) in [6.45, 7) is 17.9. The van der Waals surface area contributed by atoms with Crippen LogP contribution in [0.15, 0.2) is 97.2 Å². The molecule has 0 aliphatic rings. The zero-order chi connectivity index (χ0) is 35.9. The molecule has 7 aromatic rings. The van der Waals surface area contributed by atoms with Crippen molar-refractivity contribution in [2.75, 3.05) is 0 Å². The van der Waals surface area contributed by atoms with Crippen LogP contribution < -0.4 is 4.74 Å². The van der Waals surface area contributed by atoms with E-state index in [2.05, 4.69) is 133 Å². The zero-order valence-electron chi connectivity index (χ0n) is 31.5. The Balaban J connectivity index is 0.00000464. The maximum atomic E-state index is 6.51. The molecule has 7 rings (SSSR count). The molecule has 4 aromatic carbocycles. The van der Waals surface area contributed by atoms with Crippen LogP contribution in [-0.4, -0.2) is 19.3 Å². The van der Waals surface area contributed by atoms with Crippen LogP contribution in [0.3, 0.4) is 0 Å². The van der Waals surface area contributed by atoms with E-state index in [9.17, 15) is 0 Å². The van der Waals surface area contributed by atoms with Crippen LogP contribution in [0.1, 0.15) is 95.2 Å². The summed E-state index contributed by atoms with van der Waals surface area (Å²) in [4.78, 5) is 4.87. The first-order chi connectivity index (χ1) is 24.5. The third-order valence-corrected chi connectivity index (χ3v) is 10.0. The second-order valence-corrected chi connectivity index (χ2v) is 15.5. The summed E-state index contributed by atoms with van der Waals surface area (Å²) < 4.78 is 10.7. The molecular formula is C46H48N4OPt. The summed E-state index contributed by atoms with van der Waals surface area (Å²) in [6, 6.07) is 38.9. The molecule has 3 heterocycles. The molecule has 0 N–H and O–H groups in total. The quantitative estimate of drug-likeness (QED) is 0.129. The second kappa shape index (κ2) is 15.2. The molecule has 268 valence electrons. The predicted octanol–water partition coefficient (Wildman–Crippen LogP) is 12.5. The molecule has 0 amide bonds. The summed E-state index contributed by atoms with van der Waals surface area (Å²) in [7, 11) is 0. The van der Waals surface area contributed by atoms with Gasteiger partial charge in [0.1, 0.15) is 5.82 Å². The van der Waals surface area contributed by atoms with Gasteiger partial charge in [-0.3, -0.25) is 4.68 Å². The number of nitrogens with zero attached hydrogens (tertiary/aromatic N) is 4. The van der Waals surface area contributed by atoms with Gasteiger partial charge in [-0.15, -0.1) is 35.7 Å². The van der Waals surface area contributed by atoms with Crippen LogP contribution >= 0.6 is 0 Å². The molecule has 5 nitrogen and oxygen atoms in total. The first kappa shape index (κ1) is 37.3. The van der Waals surface area contributed by atoms with Crippen molar-refractivity contribution in [3.8, 4) is 34.1 Å². The summed E-state index contributed by atoms with van der Waals surface area (Å²) in [6.07, 6.45) is 5.53. The van der Waals surface area contributed by atoms with E-state index in [1.54, 1.807) is 0 Å². The number of hydrogen-bond acceptors (Lipinski definition) is 3. The molecular weight excluding hydrogens is 820 g/mol. The van der Waals surface area contributed by atoms with Gasteiger partial charge in [-0.1, -0.05) is 95.9 Å². The monoisotopic (exact) mass is 867 g/mol. The van der Waals surface area contributed by atoms with Crippen LogP contribution in [0.5, 0.6) is 11.5 Å². The topological polar surface area (TPSA) is 44.9 Å². The average Bonchev–Trinajstić information content (AvgIpc) is 3.60. The van der Waals surface area contributed by atoms with Crippen molar-refractivity contribution >= 4 is 21.8 Å². The van der Waals surface area contributed by atoms with Gasteiger partial charge in [0.2, 0.25) is 0 Å². The Labute approximate surface area is 323 Å². The van der Waals surface area contributed by atoms with Crippen molar-refractivity contribution in [2.24, 2.45) is 5.41 Å². The summed E-state index contributed by atoms with van der Waals surface area (Å²) in [5.74, 6) is 2.96. The Bertz CT molecular complexity index is 2330. The van der Waals surface area contributed by atoms with Crippen molar-refractivity contribution in [3.05, 3.63) is 132 Å². The fourth-order valence-electron chi connectivity index (χ4n) is 7.20. The minimum absolute atomic E-state index is 0. The minimum Gasteiger partial charge on any atom is -0.509 e. The number of pyridine rings is 1. The Kier molecular flexibility index (Phi) is 10.9. The van der Waals surface area contributed by atoms with Gasteiger partial charge < -0.3 is 9.30 Å². The predicted molar refractivity (Wildman–Crippen MR) is 211 cm³/mol. The van der Waals surface area contributed by atoms with E-state index in [1.165, 1.54) is 35.8 Å². The number of rotatable bonds is 10. The molecule has 0 aliphatic carbocycles. The molecule has 0 spiro atoms. The largest absolute Gasteiger partial charge is 2.00 e. The second-order valence-electron chi connectivity index (χ2n) is 15.5. The van der Waals surface area contributed by atoms with Crippen LogP contribution in [0, 0.1) is 31.4 Å². The molecule has 0 saturated carbocycles. The number of fused-ring (bicyclic) bond motifs is 3. The Morgan fingerprint density at radius 3 is 2.31 bits per heavy atom. The molecule has 0 aliphatic heterocycles. The molecule has 6 heteroatoms. The van der Waals surface area contributed by atoms with Crippen molar-refractivity contribution in [1.82, 2.24) is 19.3 Å². The van der Waals surface area contributed by atoms with Crippen molar-refractivity contribution < 1.29 is 25.8 Å². The van der Waals surface area contributed by atoms with Crippen LogP contribution in [0.2, 0.25) is 0 Å². The van der Waals surface area contributed by atoms with Gasteiger partial charge in [-0.05, 0) is 89.9 Å². The SMILES string of the molecule is Cc1nn(-c2[c-]c(Oc3[c-]c4c(cc3)c3cc(C(C)CCCC(C)(C)C)ccc3n4-c3cc(C(C)C)ccn3)ccc2)c(C)c1-c1ccccc1.[Pt+2]. The van der Waals surface area contributed by atoms with E-state index in [1.807, 2.05) is 41.2 Å². The van der Waals surface area contributed by atoms with Crippen molar-refractivity contribution in [1.29, 1.82) is 0 Å². The zero-order valence-corrected chi connectivity index (χ0v) is 33.8. The van der Waals surface area contributed by atoms with E-state index >= 15 is 0 Å². The number of aromatic nitrogens is 4. The van der Waals surface area contributed by atoms with Crippen LogP contribution in [-0.2, 0) is 21.1 Å². The van der Waals surface area contributed by atoms with Crippen LogP contribution in [0.4, 0.5) is 0 Å². The Morgan fingerprint density at radius 1 is 0.788 bits per heavy atom. The van der Waals surface area contributed by atoms with Gasteiger partial charge in [-0.2, -0.15) is 17.2 Å². The number of hydrogen-bond donors (Lipinski definition) is 0. The molecule has 0 bridgehead atoms. The Hall–Kier alpha value is -4.47. The third kappa shape index (κ3) is 7.66. The smallest absolute Gasteiger partial charge is 0.509 e. The number of benzene rings is 4. The normalized spacial score (nSPS) is 12.4. The van der Waals surface area contributed by atoms with Gasteiger partial charge in [-0.25, -0.2) is 4.98 Å². The Morgan fingerprint density at radius 2 is 1.56 bits per heavy atom. The molecule has 0 fully saturated rings. The molecule has 52 heavy (non-hydrogen) atoms. The van der Waals surface area contributed by atoms with E-state index in [0.29, 0.717) is 28.7 Å². The maximum Gasteiger partial charge on any atom is 2.00 e. The summed E-state index contributed by atoms with van der Waals surface area (Å²) >= 11 is 0. The molecule has 1 atom stereocenters. The van der Waals surface area contributed by atoms with E-state index < -0.39 is 0 Å². The molecule has 0 saturated heterocycles. The first-order valence-corrected chi connectivity index (χ1v) is 18.3. The van der Waals surface area contributed by atoms with E-state index in [0.717, 1.165) is 50.4 Å². The number of aryl methyl sites for hydroxylation is 1. The summed E-state index contributed by atoms with van der Waals surface area (Å²) in [5, 5.41) is 7.23. The van der Waals surface area contributed by atoms with Gasteiger partial charge >= 0.3 is 21.1 Å². The standard InChI is InChI=1S/C46H48N4O.Pt/c1-30(2)35-23-25-47-44(27-35)49-42-22-19-36(31(3)14-13-24-46(6,7)8)26-41(42)40-21-20-39(29-43(40)49)51-38-18-12-17-37(28-38)50-33(5)45(32(4)48-50)34-15-10-9-11-16-34;/h9-12,15-23,25-27,30-31H,13-14,24H2,1-8H3;/q-2;+2. The van der Waals surface area contributed by atoms with E-state index in [4.69, 9.17) is 14.8 Å². The maximum absolute atomic E-state index is 6.51. The number of ether oxygens (including phenoxy) is 1. The van der Waals surface area contributed by atoms with Gasteiger partial charge in [0.25, 0.3) is 0 Å². The van der Waals surface area contributed by atoms with E-state index in [-0.39, 0.29) is 21.1 Å².